The molecule has 20 aromatic carbocycles. The van der Waals surface area contributed by atoms with Crippen LogP contribution in [0.5, 0.6) is 46.0 Å². The van der Waals surface area contributed by atoms with E-state index in [4.69, 9.17) is 18.9 Å². The van der Waals surface area contributed by atoms with E-state index in [1.54, 1.807) is 0 Å². The summed E-state index contributed by atoms with van der Waals surface area (Å²) in [6, 6.07) is 150. The first kappa shape index (κ1) is 72.3. The van der Waals surface area contributed by atoms with Gasteiger partial charge in [0.05, 0.1) is 0 Å². The number of ether oxygens (including phenoxy) is 4. The summed E-state index contributed by atoms with van der Waals surface area (Å²) in [4.78, 5) is 9.25. The first-order chi connectivity index (χ1) is 58.5. The van der Waals surface area contributed by atoms with E-state index in [1.807, 2.05) is 48.5 Å². The molecule has 0 aromatic heterocycles. The van der Waals surface area contributed by atoms with Gasteiger partial charge in [-0.15, -0.1) is 0 Å². The Kier molecular flexibility index (Phi) is 18.1. The van der Waals surface area contributed by atoms with Crippen molar-refractivity contribution in [3.8, 4) is 46.0 Å². The van der Waals surface area contributed by atoms with Gasteiger partial charge in [-0.3, -0.25) is 0 Å². The standard InChI is InChI=1S/C54H32B2N2O2.C54H38N2O2.CH4.B/c1-3-15-33(16-4-1)57-45-23-11-9-21-41(45)55-43-29-37-35-19-7-8-20-36(35)38-30-44-52(32-40(38)39(37)31-51(43)59-49-27-13-25-47(57)53(49)55)60-50-28-14-26-48-54(50)56(44)42-22-10-12-24-46(42)58(48)34-17-5-2-6-18-34;1-5-17-39(18-6-1)55(40-19-7-2-8-20-40)43-25-15-27-45(35-43)57-47-31-33-51-49-29-13-14-30-50(49)52-34-32-48(38-54(52)53(51)37-47)58-46-28-16-26-44(36-46)56(41-21-9-3-10-22-41)42-23-11-4-12-24-42;;/h1-32H;1-38H;1H4;. The van der Waals surface area contributed by atoms with Crippen LogP contribution in [0.3, 0.4) is 0 Å². The van der Waals surface area contributed by atoms with Gasteiger partial charge in [0.2, 0.25) is 0 Å². The van der Waals surface area contributed by atoms with Crippen molar-refractivity contribution in [3.05, 3.63) is 425 Å². The Balaban J connectivity index is 0.000000146. The maximum atomic E-state index is 7.03. The van der Waals surface area contributed by atoms with Crippen LogP contribution in [0.2, 0.25) is 0 Å². The molecule has 0 N–H and O–H groups in total. The third-order valence-corrected chi connectivity index (χ3v) is 23.8. The smallest absolute Gasteiger partial charge is 0.256 e. The third-order valence-electron chi connectivity index (χ3n) is 23.8. The molecule has 8 nitrogen and oxygen atoms in total. The lowest BCUT2D eigenvalue weighted by atomic mass is 9.34. The number of fused-ring (bicyclic) bond motifs is 20. The van der Waals surface area contributed by atoms with Crippen molar-refractivity contribution < 1.29 is 18.9 Å². The van der Waals surface area contributed by atoms with Crippen LogP contribution >= 0.6 is 0 Å². The average molecular weight is 1540 g/mol. The molecule has 20 aromatic rings. The normalized spacial score (nSPS) is 12.3. The molecule has 0 bridgehead atoms. The fraction of sp³-hybridized carbons (Fsp3) is 0.00917. The highest BCUT2D eigenvalue weighted by Crippen LogP contribution is 2.49. The van der Waals surface area contributed by atoms with E-state index >= 15 is 0 Å². The van der Waals surface area contributed by atoms with Crippen LogP contribution in [0.4, 0.5) is 68.2 Å². The predicted molar refractivity (Wildman–Crippen MR) is 505 cm³/mol. The second kappa shape index (κ2) is 30.0. The second-order valence-corrected chi connectivity index (χ2v) is 30.5. The molecule has 4 heterocycles. The van der Waals surface area contributed by atoms with Crippen molar-refractivity contribution in [2.24, 2.45) is 0 Å². The molecule has 0 saturated heterocycles. The molecule has 4 aliphatic rings. The number of hydrogen-bond donors (Lipinski definition) is 0. The number of para-hydroxylation sites is 8. The van der Waals surface area contributed by atoms with E-state index in [1.165, 1.54) is 76.5 Å². The van der Waals surface area contributed by atoms with Crippen LogP contribution in [0.1, 0.15) is 7.43 Å². The van der Waals surface area contributed by atoms with Crippen LogP contribution in [0.25, 0.3) is 64.6 Å². The van der Waals surface area contributed by atoms with Crippen molar-refractivity contribution >= 4 is 187 Å². The van der Waals surface area contributed by atoms with Gasteiger partial charge in [-0.2, -0.15) is 0 Å². The Morgan fingerprint density at radius 3 is 0.875 bits per heavy atom. The molecule has 4 aliphatic heterocycles. The maximum absolute atomic E-state index is 7.03. The molecule has 24 rings (SSSR count). The van der Waals surface area contributed by atoms with Crippen molar-refractivity contribution in [3.63, 3.8) is 0 Å². The molecule has 0 unspecified atom stereocenters. The van der Waals surface area contributed by atoms with Gasteiger partial charge in [-0.25, -0.2) is 0 Å². The van der Waals surface area contributed by atoms with Gasteiger partial charge < -0.3 is 38.5 Å². The number of benzene rings is 20. The molecule has 11 heteroatoms. The Bertz CT molecular complexity index is 6860. The Labute approximate surface area is 699 Å². The summed E-state index contributed by atoms with van der Waals surface area (Å²) in [5.74, 6) is 6.61. The minimum atomic E-state index is 0. The van der Waals surface area contributed by atoms with E-state index in [9.17, 15) is 0 Å². The van der Waals surface area contributed by atoms with E-state index in [0.29, 0.717) is 0 Å². The van der Waals surface area contributed by atoms with Crippen molar-refractivity contribution in [1.29, 1.82) is 0 Å². The van der Waals surface area contributed by atoms with Gasteiger partial charge in [0.25, 0.3) is 13.4 Å². The summed E-state index contributed by atoms with van der Waals surface area (Å²) >= 11 is 0. The Hall–Kier alpha value is -15.4. The average Bonchev–Trinajstić information content (AvgIpc) is 0.710. The molecule has 120 heavy (non-hydrogen) atoms. The zero-order valence-corrected chi connectivity index (χ0v) is 64.6. The summed E-state index contributed by atoms with van der Waals surface area (Å²) in [5, 5.41) is 14.1. The summed E-state index contributed by atoms with van der Waals surface area (Å²) in [6.07, 6.45) is 0. The van der Waals surface area contributed by atoms with Crippen LogP contribution in [0, 0.1) is 0 Å². The highest BCUT2D eigenvalue weighted by Gasteiger charge is 2.44. The highest BCUT2D eigenvalue weighted by atomic mass is 16.5. The highest BCUT2D eigenvalue weighted by molar-refractivity contribution is 7.00. The van der Waals surface area contributed by atoms with Gasteiger partial charge in [-0.05, 0) is 267 Å². The van der Waals surface area contributed by atoms with Crippen LogP contribution < -0.4 is 71.3 Å². The lowest BCUT2D eigenvalue weighted by Crippen LogP contribution is -2.59. The lowest BCUT2D eigenvalue weighted by molar-refractivity contribution is 0.483. The molecule has 3 radical (unpaired) electrons. The van der Waals surface area contributed by atoms with Crippen LogP contribution in [-0.4, -0.2) is 21.8 Å². The summed E-state index contributed by atoms with van der Waals surface area (Å²) in [6.45, 7) is 0.0173. The zero-order chi connectivity index (χ0) is 77.7. The number of anilines is 12. The molecule has 563 valence electrons. The van der Waals surface area contributed by atoms with Gasteiger partial charge in [-0.1, -0.05) is 250 Å². The third kappa shape index (κ3) is 12.2. The lowest BCUT2D eigenvalue weighted by Gasteiger charge is -2.40. The molecule has 0 amide bonds. The van der Waals surface area contributed by atoms with E-state index < -0.39 is 0 Å². The van der Waals surface area contributed by atoms with E-state index in [-0.39, 0.29) is 29.3 Å². The van der Waals surface area contributed by atoms with Gasteiger partial charge in [0.15, 0.2) is 0 Å². The number of hydrogen-bond acceptors (Lipinski definition) is 8. The minimum Gasteiger partial charge on any atom is -0.458 e. The minimum absolute atomic E-state index is 0. The first-order valence-corrected chi connectivity index (χ1v) is 40.2. The number of rotatable bonds is 12. The zero-order valence-electron chi connectivity index (χ0n) is 64.6. The summed E-state index contributed by atoms with van der Waals surface area (Å²) in [5.41, 5.74) is 20.6. The largest absolute Gasteiger partial charge is 0.458 e. The Morgan fingerprint density at radius 2 is 0.492 bits per heavy atom. The van der Waals surface area contributed by atoms with E-state index in [2.05, 4.69) is 396 Å². The monoisotopic (exact) mass is 1540 g/mol. The SMILES string of the molecule is C.[B].c1ccc(N(c2ccccc2)c2cccc(Oc3ccc4c5ccccc5c5ccc(Oc6cccc(N(c7ccccc7)c7ccccc7)c6)cc5c4c3)c2)cc1.c1ccc(N2c3ccccc3B3c4cc5c6ccccc6c6cc7c(cc6c5cc4Oc4cccc2c43)Oc2cccc3c2B7c2ccccc2N3c2ccccc2)cc1. The second-order valence-electron chi connectivity index (χ2n) is 30.5. The quantitative estimate of drug-likeness (QED) is 0.0886. The fourth-order valence-corrected chi connectivity index (χ4v) is 18.8. The predicted octanol–water partition coefficient (Wildman–Crippen LogP) is 25.9. The fourth-order valence-electron chi connectivity index (χ4n) is 18.8. The molecule has 0 atom stereocenters. The molecule has 0 fully saturated rings. The van der Waals surface area contributed by atoms with Crippen molar-refractivity contribution in [1.82, 2.24) is 0 Å². The Morgan fingerprint density at radius 1 is 0.208 bits per heavy atom. The van der Waals surface area contributed by atoms with Crippen LogP contribution in [0.15, 0.2) is 425 Å². The molecular formula is C109H74B3N4O4. The number of nitrogens with zero attached hydrogens (tertiary/aromatic N) is 4. The molecular weight excluding hydrogens is 1460 g/mol. The van der Waals surface area contributed by atoms with Crippen LogP contribution in [-0.2, 0) is 0 Å². The topological polar surface area (TPSA) is 49.9 Å². The first-order valence-electron chi connectivity index (χ1n) is 40.2. The summed E-state index contributed by atoms with van der Waals surface area (Å²) in [7, 11) is 0. The maximum Gasteiger partial charge on any atom is 0.256 e. The van der Waals surface area contributed by atoms with E-state index in [0.717, 1.165) is 135 Å². The van der Waals surface area contributed by atoms with Crippen molar-refractivity contribution in [2.45, 2.75) is 7.43 Å². The molecule has 0 spiro atoms. The van der Waals surface area contributed by atoms with Gasteiger partial charge in [0, 0.05) is 88.8 Å². The molecule has 0 aliphatic carbocycles. The molecule has 0 saturated carbocycles. The van der Waals surface area contributed by atoms with Gasteiger partial charge >= 0.3 is 0 Å². The van der Waals surface area contributed by atoms with Crippen molar-refractivity contribution in [2.75, 3.05) is 19.6 Å². The van der Waals surface area contributed by atoms with Gasteiger partial charge in [0.1, 0.15) is 46.0 Å². The summed E-state index contributed by atoms with van der Waals surface area (Å²) < 4.78 is 27.4.